The van der Waals surface area contributed by atoms with E-state index in [9.17, 15) is 43.2 Å². The van der Waals surface area contributed by atoms with Crippen LogP contribution < -0.4 is 0 Å². The van der Waals surface area contributed by atoms with Crippen LogP contribution in [-0.2, 0) is 65.4 Å². The molecule has 0 heterocycles. The third-order valence-corrected chi connectivity index (χ3v) is 18.0. The summed E-state index contributed by atoms with van der Waals surface area (Å²) in [5.41, 5.74) is 0. The van der Waals surface area contributed by atoms with Gasteiger partial charge in [-0.05, 0) is 43.4 Å². The maximum Gasteiger partial charge on any atom is 0.472 e. The fraction of sp³-hybridized carbons (Fsp3) is 0.943. The molecule has 19 heteroatoms. The van der Waals surface area contributed by atoms with Crippen LogP contribution >= 0.6 is 15.6 Å². The molecule has 0 aliphatic heterocycles. The number of phosphoric ester groups is 2. The molecule has 0 aliphatic rings. The molecule has 89 heavy (non-hydrogen) atoms. The lowest BCUT2D eigenvalue weighted by atomic mass is 10.0. The summed E-state index contributed by atoms with van der Waals surface area (Å²) in [6.45, 7) is 11.8. The Bertz CT molecular complexity index is 1750. The van der Waals surface area contributed by atoms with E-state index in [4.69, 9.17) is 37.0 Å². The van der Waals surface area contributed by atoms with E-state index in [1.165, 1.54) is 161 Å². The van der Waals surface area contributed by atoms with Gasteiger partial charge in [-0.1, -0.05) is 299 Å². The lowest BCUT2D eigenvalue weighted by Gasteiger charge is -2.21. The van der Waals surface area contributed by atoms with Gasteiger partial charge in [0.2, 0.25) is 0 Å². The summed E-state index contributed by atoms with van der Waals surface area (Å²) in [5, 5.41) is 10.6. The molecule has 528 valence electrons. The third kappa shape index (κ3) is 64.6. The van der Waals surface area contributed by atoms with E-state index < -0.39 is 97.5 Å². The van der Waals surface area contributed by atoms with Crippen molar-refractivity contribution in [1.82, 2.24) is 0 Å². The van der Waals surface area contributed by atoms with Gasteiger partial charge in [0.25, 0.3) is 0 Å². The number of aliphatic hydroxyl groups is 1. The molecule has 3 N–H and O–H groups in total. The second kappa shape index (κ2) is 61.0. The van der Waals surface area contributed by atoms with Gasteiger partial charge in [0.15, 0.2) is 12.2 Å². The highest BCUT2D eigenvalue weighted by Gasteiger charge is 2.30. The Morgan fingerprint density at radius 1 is 0.303 bits per heavy atom. The highest BCUT2D eigenvalue weighted by Crippen LogP contribution is 2.45. The quantitative estimate of drug-likeness (QED) is 0.0222. The number of unbranched alkanes of at least 4 members (excludes halogenated alkanes) is 36. The molecule has 0 aromatic carbocycles. The van der Waals surface area contributed by atoms with E-state index in [2.05, 4.69) is 48.5 Å². The van der Waals surface area contributed by atoms with Crippen LogP contribution in [0.3, 0.4) is 0 Å². The molecule has 0 saturated heterocycles. The van der Waals surface area contributed by atoms with Gasteiger partial charge in [-0.15, -0.1) is 0 Å². The summed E-state index contributed by atoms with van der Waals surface area (Å²) < 4.78 is 68.2. The van der Waals surface area contributed by atoms with Crippen molar-refractivity contribution in [3.8, 4) is 0 Å². The minimum Gasteiger partial charge on any atom is -0.462 e. The molecule has 0 fully saturated rings. The summed E-state index contributed by atoms with van der Waals surface area (Å²) in [5.74, 6) is 0.125. The van der Waals surface area contributed by atoms with Crippen LogP contribution in [0.5, 0.6) is 0 Å². The first-order valence-corrected chi connectivity index (χ1v) is 39.3. The van der Waals surface area contributed by atoms with Crippen molar-refractivity contribution in [2.75, 3.05) is 39.6 Å². The molecule has 17 nitrogen and oxygen atoms in total. The highest BCUT2D eigenvalue weighted by molar-refractivity contribution is 7.47. The number of aliphatic hydroxyl groups excluding tert-OH is 1. The first-order chi connectivity index (χ1) is 42.7. The highest BCUT2D eigenvalue weighted by atomic mass is 31.2. The Kier molecular flexibility index (Phi) is 59.6. The van der Waals surface area contributed by atoms with Crippen LogP contribution in [-0.4, -0.2) is 96.7 Å². The topological polar surface area (TPSA) is 237 Å². The maximum atomic E-state index is 13.0. The molecule has 0 radical (unpaired) electrons. The number of phosphoric acid groups is 2. The van der Waals surface area contributed by atoms with Crippen molar-refractivity contribution in [2.24, 2.45) is 17.8 Å². The predicted octanol–water partition coefficient (Wildman–Crippen LogP) is 19.8. The van der Waals surface area contributed by atoms with Crippen molar-refractivity contribution in [3.05, 3.63) is 0 Å². The predicted molar refractivity (Wildman–Crippen MR) is 358 cm³/mol. The zero-order valence-electron chi connectivity index (χ0n) is 57.9. The number of rotatable bonds is 68. The van der Waals surface area contributed by atoms with Crippen molar-refractivity contribution in [2.45, 2.75) is 369 Å². The van der Waals surface area contributed by atoms with Gasteiger partial charge in [-0.25, -0.2) is 9.13 Å². The van der Waals surface area contributed by atoms with E-state index in [1.807, 2.05) is 0 Å². The van der Waals surface area contributed by atoms with Crippen LogP contribution in [0.2, 0.25) is 0 Å². The summed E-state index contributed by atoms with van der Waals surface area (Å²) in [6, 6.07) is 0. The van der Waals surface area contributed by atoms with Gasteiger partial charge in [-0.2, -0.15) is 0 Å². The Hall–Kier alpha value is -1.94. The molecule has 0 rings (SSSR count). The van der Waals surface area contributed by atoms with Crippen LogP contribution in [0.25, 0.3) is 0 Å². The maximum absolute atomic E-state index is 13.0. The number of hydrogen-bond acceptors (Lipinski definition) is 15. The lowest BCUT2D eigenvalue weighted by molar-refractivity contribution is -0.161. The van der Waals surface area contributed by atoms with Gasteiger partial charge in [-0.3, -0.25) is 37.3 Å². The molecule has 0 amide bonds. The Morgan fingerprint density at radius 2 is 0.517 bits per heavy atom. The van der Waals surface area contributed by atoms with E-state index in [1.54, 1.807) is 0 Å². The average molecular weight is 1310 g/mol. The largest absolute Gasteiger partial charge is 0.472 e. The molecule has 0 aromatic rings. The van der Waals surface area contributed by atoms with Crippen molar-refractivity contribution in [1.29, 1.82) is 0 Å². The normalized spacial score (nSPS) is 14.2. The molecular weight excluding hydrogens is 1170 g/mol. The van der Waals surface area contributed by atoms with Crippen molar-refractivity contribution in [3.63, 3.8) is 0 Å². The van der Waals surface area contributed by atoms with E-state index >= 15 is 0 Å². The average Bonchev–Trinajstić information content (AvgIpc) is 3.62. The van der Waals surface area contributed by atoms with E-state index in [0.29, 0.717) is 31.6 Å². The summed E-state index contributed by atoms with van der Waals surface area (Å²) >= 11 is 0. The van der Waals surface area contributed by atoms with Crippen LogP contribution in [0.4, 0.5) is 0 Å². The third-order valence-electron chi connectivity index (χ3n) is 16.1. The fourth-order valence-electron chi connectivity index (χ4n) is 10.5. The number of hydrogen-bond donors (Lipinski definition) is 3. The zero-order valence-corrected chi connectivity index (χ0v) is 59.7. The molecular formula is C70H136O17P2. The van der Waals surface area contributed by atoms with Crippen molar-refractivity contribution >= 4 is 39.5 Å². The SMILES string of the molecule is CCCCCCCCCCCC(=O)OC[C@H](COP(=O)(O)OC[C@H](O)COP(=O)(O)OC[C@@H](COC(=O)CCCCCCCCCCCCCC(C)C)OC(=O)CCCCCCCCCCCCCCCC(C)C)OC(=O)CCCCCCCCCC(C)C. The lowest BCUT2D eigenvalue weighted by Crippen LogP contribution is -2.30. The Morgan fingerprint density at radius 3 is 0.764 bits per heavy atom. The summed E-state index contributed by atoms with van der Waals surface area (Å²) in [6.07, 6.45) is 44.5. The number of carbonyl (C=O) groups is 4. The molecule has 0 aliphatic carbocycles. The second-order valence-corrected chi connectivity index (χ2v) is 29.6. The number of ether oxygens (including phenoxy) is 4. The van der Waals surface area contributed by atoms with E-state index in [-0.39, 0.29) is 25.7 Å². The first kappa shape index (κ1) is 87.1. The molecule has 0 bridgehead atoms. The fourth-order valence-corrected chi connectivity index (χ4v) is 12.1. The molecule has 0 aromatic heterocycles. The summed E-state index contributed by atoms with van der Waals surface area (Å²) in [4.78, 5) is 72.5. The second-order valence-electron chi connectivity index (χ2n) is 26.7. The Balaban J connectivity index is 5.23. The monoisotopic (exact) mass is 1310 g/mol. The Labute approximate surface area is 543 Å². The van der Waals surface area contributed by atoms with Crippen LogP contribution in [0, 0.1) is 17.8 Å². The standard InChI is InChI=1S/C70H136O17P2/c1-8-9-10-11-12-21-30-37-44-51-67(72)80-58-66(87-70(75)54-47-40-33-26-29-36-43-50-63(6)7)60-85-89(78,79)83-56-64(71)55-82-88(76,77)84-59-65(57-81-68(73)52-45-38-31-24-20-16-18-23-28-35-42-49-62(4)5)86-69(74)53-46-39-32-25-19-15-13-14-17-22-27-34-41-48-61(2)3/h61-66,71H,8-60H2,1-7H3,(H,76,77)(H,78,79)/t64-,65-,66-/m1/s1. The molecule has 0 spiro atoms. The van der Waals surface area contributed by atoms with Gasteiger partial charge in [0.05, 0.1) is 26.4 Å². The minimum absolute atomic E-state index is 0.103. The zero-order chi connectivity index (χ0) is 65.9. The van der Waals surface area contributed by atoms with Gasteiger partial charge in [0, 0.05) is 25.7 Å². The van der Waals surface area contributed by atoms with Gasteiger partial charge >= 0.3 is 39.5 Å². The smallest absolute Gasteiger partial charge is 0.462 e. The number of esters is 4. The van der Waals surface area contributed by atoms with Gasteiger partial charge < -0.3 is 33.8 Å². The number of carbonyl (C=O) groups excluding carboxylic acids is 4. The summed E-state index contributed by atoms with van der Waals surface area (Å²) in [7, 11) is -9.90. The molecule has 5 atom stereocenters. The van der Waals surface area contributed by atoms with E-state index in [0.717, 1.165) is 102 Å². The first-order valence-electron chi connectivity index (χ1n) is 36.3. The molecule has 0 saturated carbocycles. The molecule has 2 unspecified atom stereocenters. The van der Waals surface area contributed by atoms with Gasteiger partial charge in [0.1, 0.15) is 19.3 Å². The van der Waals surface area contributed by atoms with Crippen LogP contribution in [0.15, 0.2) is 0 Å². The van der Waals surface area contributed by atoms with Crippen LogP contribution in [0.1, 0.15) is 350 Å². The minimum atomic E-state index is -4.95. The van der Waals surface area contributed by atoms with Crippen molar-refractivity contribution < 1.29 is 80.2 Å².